The molecule has 2 amide bonds. The molecule has 1 fully saturated rings. The molecule has 3 atom stereocenters. The van der Waals surface area contributed by atoms with Crippen LogP contribution in [-0.2, 0) is 16.0 Å². The number of nitrogens with one attached hydrogen (secondary N) is 2. The third-order valence-corrected chi connectivity index (χ3v) is 5.13. The van der Waals surface area contributed by atoms with Crippen molar-refractivity contribution in [3.63, 3.8) is 0 Å². The summed E-state index contributed by atoms with van der Waals surface area (Å²) < 4.78 is 4.79. The minimum Gasteiger partial charge on any atom is -0.481 e. The Kier molecular flexibility index (Phi) is 8.74. The van der Waals surface area contributed by atoms with Crippen LogP contribution < -0.4 is 10.6 Å². The SMILES string of the molecule is CC(=O)O.O=C(N[C@H]1CC[C@H](C(=O)NCCc2nccs2)C[C@@H]1O)c1ccno1. The van der Waals surface area contributed by atoms with Gasteiger partial charge in [0.25, 0.3) is 11.9 Å². The minimum atomic E-state index is -0.833. The number of aliphatic hydroxyl groups excluding tert-OH is 1. The van der Waals surface area contributed by atoms with Crippen LogP contribution in [0.25, 0.3) is 0 Å². The number of carboxylic acid groups (broad SMARTS) is 1. The van der Waals surface area contributed by atoms with Crippen molar-refractivity contribution in [2.45, 2.75) is 44.8 Å². The van der Waals surface area contributed by atoms with Crippen molar-refractivity contribution >= 4 is 29.1 Å². The molecule has 10 nitrogen and oxygen atoms in total. The Hall–Kier alpha value is -2.79. The molecule has 0 unspecified atom stereocenters. The lowest BCUT2D eigenvalue weighted by Crippen LogP contribution is -2.49. The number of rotatable bonds is 6. The number of carboxylic acids is 1. The molecule has 0 aromatic carbocycles. The summed E-state index contributed by atoms with van der Waals surface area (Å²) in [6.07, 6.45) is 4.53. The van der Waals surface area contributed by atoms with Gasteiger partial charge in [-0.25, -0.2) is 4.98 Å². The first-order valence-corrected chi connectivity index (χ1v) is 10.00. The summed E-state index contributed by atoms with van der Waals surface area (Å²) in [4.78, 5) is 37.4. The Bertz CT molecular complexity index is 776. The van der Waals surface area contributed by atoms with Crippen LogP contribution in [0.5, 0.6) is 0 Å². The summed E-state index contributed by atoms with van der Waals surface area (Å²) in [5.41, 5.74) is 0. The summed E-state index contributed by atoms with van der Waals surface area (Å²) in [5, 5.41) is 29.7. The van der Waals surface area contributed by atoms with Crippen molar-refractivity contribution in [2.75, 3.05) is 6.54 Å². The Labute approximate surface area is 171 Å². The summed E-state index contributed by atoms with van der Waals surface area (Å²) in [7, 11) is 0. The normalized spacial score (nSPS) is 20.8. The number of hydrogen-bond acceptors (Lipinski definition) is 8. The molecule has 2 aromatic heterocycles. The van der Waals surface area contributed by atoms with Crippen LogP contribution in [0.15, 0.2) is 28.4 Å². The molecule has 0 aliphatic heterocycles. The fraction of sp³-hybridized carbons (Fsp3) is 0.500. The number of aliphatic carboxylic acids is 1. The van der Waals surface area contributed by atoms with Gasteiger partial charge >= 0.3 is 0 Å². The average Bonchev–Trinajstić information content (AvgIpc) is 3.36. The topological polar surface area (TPSA) is 155 Å². The van der Waals surface area contributed by atoms with Crippen molar-refractivity contribution < 1.29 is 29.1 Å². The lowest BCUT2D eigenvalue weighted by atomic mass is 9.83. The van der Waals surface area contributed by atoms with Crippen LogP contribution in [0.3, 0.4) is 0 Å². The maximum absolute atomic E-state index is 12.2. The van der Waals surface area contributed by atoms with E-state index >= 15 is 0 Å². The van der Waals surface area contributed by atoms with Crippen molar-refractivity contribution in [1.82, 2.24) is 20.8 Å². The molecular formula is C18H24N4O6S. The zero-order chi connectivity index (χ0) is 21.2. The zero-order valence-electron chi connectivity index (χ0n) is 15.9. The second kappa shape index (κ2) is 11.3. The summed E-state index contributed by atoms with van der Waals surface area (Å²) in [5.74, 6) is -1.44. The van der Waals surface area contributed by atoms with Crippen molar-refractivity contribution in [2.24, 2.45) is 5.92 Å². The molecule has 11 heteroatoms. The molecule has 1 aliphatic carbocycles. The van der Waals surface area contributed by atoms with Gasteiger partial charge in [0.2, 0.25) is 11.7 Å². The van der Waals surface area contributed by atoms with Gasteiger partial charge in [0.05, 0.1) is 23.4 Å². The maximum Gasteiger partial charge on any atom is 0.300 e. The van der Waals surface area contributed by atoms with Gasteiger partial charge in [0.15, 0.2) is 0 Å². The fourth-order valence-electron chi connectivity index (χ4n) is 2.94. The Morgan fingerprint density at radius 2 is 2.07 bits per heavy atom. The molecule has 1 aliphatic rings. The second-order valence-electron chi connectivity index (χ2n) is 6.52. The van der Waals surface area contributed by atoms with Crippen LogP contribution in [-0.4, -0.2) is 56.8 Å². The van der Waals surface area contributed by atoms with Gasteiger partial charge in [0.1, 0.15) is 0 Å². The number of aromatic nitrogens is 2. The fourth-order valence-corrected chi connectivity index (χ4v) is 3.56. The number of nitrogens with zero attached hydrogens (tertiary/aromatic N) is 2. The molecule has 0 saturated heterocycles. The van der Waals surface area contributed by atoms with E-state index in [-0.39, 0.29) is 17.6 Å². The lowest BCUT2D eigenvalue weighted by Gasteiger charge is -2.32. The van der Waals surface area contributed by atoms with Crippen molar-refractivity contribution in [3.05, 3.63) is 34.6 Å². The van der Waals surface area contributed by atoms with E-state index in [9.17, 15) is 14.7 Å². The summed E-state index contributed by atoms with van der Waals surface area (Å²) >= 11 is 1.56. The monoisotopic (exact) mass is 424 g/mol. The highest BCUT2D eigenvalue weighted by atomic mass is 32.1. The van der Waals surface area contributed by atoms with Gasteiger partial charge in [-0.3, -0.25) is 14.4 Å². The van der Waals surface area contributed by atoms with Gasteiger partial charge in [-0.2, -0.15) is 0 Å². The van der Waals surface area contributed by atoms with Gasteiger partial charge < -0.3 is 25.4 Å². The maximum atomic E-state index is 12.2. The first-order chi connectivity index (χ1) is 13.9. The molecule has 2 aromatic rings. The highest BCUT2D eigenvalue weighted by molar-refractivity contribution is 7.09. The molecular weight excluding hydrogens is 400 g/mol. The standard InChI is InChI=1S/C16H20N4O4S.C2H4O2/c21-12-9-10(15(22)18-5-4-14-17-7-8-25-14)1-2-11(12)20-16(23)13-3-6-19-24-13;1-2(3)4/h3,6-8,10-12,21H,1-2,4-5,9H2,(H,18,22)(H,20,23);1H3,(H,3,4)/t10-,11-,12-;/m0./s1. The largest absolute Gasteiger partial charge is 0.481 e. The van der Waals surface area contributed by atoms with E-state index in [1.54, 1.807) is 17.5 Å². The third kappa shape index (κ3) is 7.62. The number of carbonyl (C=O) groups excluding carboxylic acids is 2. The average molecular weight is 424 g/mol. The number of hydrogen-bond donors (Lipinski definition) is 4. The quantitative estimate of drug-likeness (QED) is 0.532. The van der Waals surface area contributed by atoms with E-state index in [1.807, 2.05) is 5.38 Å². The molecule has 1 saturated carbocycles. The van der Waals surface area contributed by atoms with Gasteiger partial charge in [-0.1, -0.05) is 5.16 Å². The van der Waals surface area contributed by atoms with E-state index in [0.717, 1.165) is 11.9 Å². The molecule has 158 valence electrons. The van der Waals surface area contributed by atoms with Crippen molar-refractivity contribution in [1.29, 1.82) is 0 Å². The molecule has 0 spiro atoms. The number of aliphatic hydroxyl groups is 1. The summed E-state index contributed by atoms with van der Waals surface area (Å²) in [6.45, 7) is 1.62. The number of thiazole rings is 1. The summed E-state index contributed by atoms with van der Waals surface area (Å²) in [6, 6.07) is 1.07. The Morgan fingerprint density at radius 3 is 2.66 bits per heavy atom. The molecule has 0 bridgehead atoms. The van der Waals surface area contributed by atoms with E-state index in [4.69, 9.17) is 14.4 Å². The van der Waals surface area contributed by atoms with Gasteiger partial charge in [-0.05, 0) is 19.3 Å². The second-order valence-corrected chi connectivity index (χ2v) is 7.50. The third-order valence-electron chi connectivity index (χ3n) is 4.29. The highest BCUT2D eigenvalue weighted by Crippen LogP contribution is 2.25. The number of carbonyl (C=O) groups is 3. The highest BCUT2D eigenvalue weighted by Gasteiger charge is 2.34. The van der Waals surface area contributed by atoms with Crippen molar-refractivity contribution in [3.8, 4) is 0 Å². The van der Waals surface area contributed by atoms with E-state index < -0.39 is 24.0 Å². The molecule has 0 radical (unpaired) electrons. The zero-order valence-corrected chi connectivity index (χ0v) is 16.7. The van der Waals surface area contributed by atoms with Crippen LogP contribution in [0.4, 0.5) is 0 Å². The predicted molar refractivity (Wildman–Crippen MR) is 103 cm³/mol. The molecule has 4 N–H and O–H groups in total. The minimum absolute atomic E-state index is 0.0596. The van der Waals surface area contributed by atoms with E-state index in [0.29, 0.717) is 32.2 Å². The lowest BCUT2D eigenvalue weighted by molar-refractivity contribution is -0.134. The number of amides is 2. The van der Waals surface area contributed by atoms with Crippen LogP contribution in [0.1, 0.15) is 41.7 Å². The Morgan fingerprint density at radius 1 is 1.31 bits per heavy atom. The van der Waals surface area contributed by atoms with Gasteiger partial charge in [0, 0.05) is 43.5 Å². The molecule has 2 heterocycles. The molecule has 3 rings (SSSR count). The van der Waals surface area contributed by atoms with Crippen LogP contribution in [0.2, 0.25) is 0 Å². The van der Waals surface area contributed by atoms with E-state index in [2.05, 4.69) is 20.8 Å². The van der Waals surface area contributed by atoms with Gasteiger partial charge in [-0.15, -0.1) is 11.3 Å². The molecule has 29 heavy (non-hydrogen) atoms. The predicted octanol–water partition coefficient (Wildman–Crippen LogP) is 0.840. The Balaban J connectivity index is 0.000000687. The first-order valence-electron chi connectivity index (χ1n) is 9.12. The van der Waals surface area contributed by atoms with E-state index in [1.165, 1.54) is 12.3 Å². The van der Waals surface area contributed by atoms with Crippen LogP contribution in [0, 0.1) is 5.92 Å². The smallest absolute Gasteiger partial charge is 0.300 e. The first kappa shape index (κ1) is 22.5. The van der Waals surface area contributed by atoms with Crippen LogP contribution >= 0.6 is 11.3 Å².